The van der Waals surface area contributed by atoms with Crippen molar-refractivity contribution in [3.05, 3.63) is 12.7 Å². The van der Waals surface area contributed by atoms with Crippen molar-refractivity contribution < 1.29 is 14.6 Å². The number of carbonyl (C=O) groups is 1. The molecule has 0 saturated carbocycles. The van der Waals surface area contributed by atoms with Crippen LogP contribution in [0.5, 0.6) is 0 Å². The van der Waals surface area contributed by atoms with E-state index in [1.54, 1.807) is 6.08 Å². The Kier molecular flexibility index (Phi) is 3.29. The maximum absolute atomic E-state index is 10.7. The van der Waals surface area contributed by atoms with Crippen LogP contribution in [0, 0.1) is 5.92 Å². The zero-order valence-electron chi connectivity index (χ0n) is 7.03. The molecule has 0 aromatic carbocycles. The minimum atomic E-state index is -0.846. The van der Waals surface area contributed by atoms with Gasteiger partial charge in [-0.25, -0.2) is 4.79 Å². The first-order valence-corrected chi connectivity index (χ1v) is 4.21. The molecular formula is C9H14O3. The topological polar surface area (TPSA) is 46.5 Å². The molecule has 1 saturated heterocycles. The van der Waals surface area contributed by atoms with Gasteiger partial charge in [0.1, 0.15) is 0 Å². The van der Waals surface area contributed by atoms with Crippen LogP contribution in [0.2, 0.25) is 0 Å². The number of ether oxygens (including phenoxy) is 1. The van der Waals surface area contributed by atoms with Crippen molar-refractivity contribution in [3.8, 4) is 0 Å². The van der Waals surface area contributed by atoms with Gasteiger partial charge in [-0.15, -0.1) is 6.58 Å². The fourth-order valence-electron chi connectivity index (χ4n) is 1.57. The molecular weight excluding hydrogens is 156 g/mol. The molecule has 0 radical (unpaired) electrons. The summed E-state index contributed by atoms with van der Waals surface area (Å²) in [4.78, 5) is 10.7. The summed E-state index contributed by atoms with van der Waals surface area (Å²) in [6, 6.07) is 0. The second-order valence-electron chi connectivity index (χ2n) is 3.06. The van der Waals surface area contributed by atoms with E-state index < -0.39 is 12.1 Å². The van der Waals surface area contributed by atoms with Gasteiger partial charge in [-0.3, -0.25) is 0 Å². The summed E-state index contributed by atoms with van der Waals surface area (Å²) in [5.74, 6) is -0.727. The van der Waals surface area contributed by atoms with Gasteiger partial charge in [-0.1, -0.05) is 6.08 Å². The number of carboxylic acids is 1. The molecule has 1 N–H and O–H groups in total. The van der Waals surface area contributed by atoms with E-state index in [9.17, 15) is 4.79 Å². The van der Waals surface area contributed by atoms with Crippen molar-refractivity contribution in [1.82, 2.24) is 0 Å². The highest BCUT2D eigenvalue weighted by atomic mass is 16.5. The number of hydrogen-bond donors (Lipinski definition) is 1. The van der Waals surface area contributed by atoms with Crippen LogP contribution in [0.1, 0.15) is 19.3 Å². The monoisotopic (exact) mass is 170 g/mol. The zero-order valence-corrected chi connectivity index (χ0v) is 7.03. The Labute approximate surface area is 72.0 Å². The van der Waals surface area contributed by atoms with Crippen LogP contribution in [0.15, 0.2) is 12.7 Å². The van der Waals surface area contributed by atoms with Crippen molar-refractivity contribution in [3.63, 3.8) is 0 Å². The highest BCUT2D eigenvalue weighted by Gasteiger charge is 2.30. The van der Waals surface area contributed by atoms with E-state index in [0.29, 0.717) is 6.61 Å². The number of rotatable bonds is 3. The second kappa shape index (κ2) is 4.26. The molecule has 12 heavy (non-hydrogen) atoms. The molecule has 3 heteroatoms. The Morgan fingerprint density at radius 3 is 3.08 bits per heavy atom. The standard InChI is InChI=1S/C9H14O3/c1-2-4-7-5-3-6-12-8(7)9(10)11/h2,7-8H,1,3-6H2,(H,10,11). The Morgan fingerprint density at radius 2 is 2.50 bits per heavy atom. The first-order chi connectivity index (χ1) is 5.75. The van der Waals surface area contributed by atoms with Gasteiger partial charge in [0.2, 0.25) is 0 Å². The van der Waals surface area contributed by atoms with Gasteiger partial charge < -0.3 is 9.84 Å². The summed E-state index contributed by atoms with van der Waals surface area (Å²) < 4.78 is 5.16. The maximum atomic E-state index is 10.7. The Bertz CT molecular complexity index is 177. The van der Waals surface area contributed by atoms with Crippen molar-refractivity contribution in [2.75, 3.05) is 6.61 Å². The lowest BCUT2D eigenvalue weighted by Crippen LogP contribution is -2.36. The lowest BCUT2D eigenvalue weighted by atomic mass is 9.91. The predicted octanol–water partition coefficient (Wildman–Crippen LogP) is 1.44. The van der Waals surface area contributed by atoms with Gasteiger partial charge in [0.25, 0.3) is 0 Å². The summed E-state index contributed by atoms with van der Waals surface area (Å²) >= 11 is 0. The second-order valence-corrected chi connectivity index (χ2v) is 3.06. The van der Waals surface area contributed by atoms with E-state index in [2.05, 4.69) is 6.58 Å². The third-order valence-electron chi connectivity index (χ3n) is 2.16. The average molecular weight is 170 g/mol. The normalized spacial score (nSPS) is 29.7. The molecule has 0 aromatic heterocycles. The number of allylic oxidation sites excluding steroid dienone is 1. The molecule has 2 atom stereocenters. The zero-order chi connectivity index (χ0) is 8.97. The largest absolute Gasteiger partial charge is 0.479 e. The summed E-state index contributed by atoms with van der Waals surface area (Å²) in [5, 5.41) is 8.78. The molecule has 0 bridgehead atoms. The molecule has 1 aliphatic heterocycles. The third-order valence-corrected chi connectivity index (χ3v) is 2.16. The average Bonchev–Trinajstić information content (AvgIpc) is 2.05. The van der Waals surface area contributed by atoms with E-state index in [1.165, 1.54) is 0 Å². The van der Waals surface area contributed by atoms with Crippen molar-refractivity contribution >= 4 is 5.97 Å². The molecule has 1 fully saturated rings. The van der Waals surface area contributed by atoms with Crippen molar-refractivity contribution in [2.45, 2.75) is 25.4 Å². The Hall–Kier alpha value is -0.830. The summed E-state index contributed by atoms with van der Waals surface area (Å²) in [7, 11) is 0. The SMILES string of the molecule is C=CCC1CCCOC1C(=O)O. The van der Waals surface area contributed by atoms with Gasteiger partial charge >= 0.3 is 5.97 Å². The highest BCUT2D eigenvalue weighted by Crippen LogP contribution is 2.24. The summed E-state index contributed by atoms with van der Waals surface area (Å²) in [5.41, 5.74) is 0. The lowest BCUT2D eigenvalue weighted by molar-refractivity contribution is -0.158. The number of carboxylic acid groups (broad SMARTS) is 1. The number of aliphatic carboxylic acids is 1. The number of hydrogen-bond acceptors (Lipinski definition) is 2. The van der Waals surface area contributed by atoms with Crippen LogP contribution in [-0.4, -0.2) is 23.8 Å². The first-order valence-electron chi connectivity index (χ1n) is 4.21. The van der Waals surface area contributed by atoms with Gasteiger partial charge in [0, 0.05) is 6.61 Å². The fourth-order valence-corrected chi connectivity index (χ4v) is 1.57. The molecule has 3 nitrogen and oxygen atoms in total. The lowest BCUT2D eigenvalue weighted by Gasteiger charge is -2.27. The summed E-state index contributed by atoms with van der Waals surface area (Å²) in [6.07, 6.45) is 3.77. The van der Waals surface area contributed by atoms with E-state index in [-0.39, 0.29) is 5.92 Å². The molecule has 0 aromatic rings. The summed E-state index contributed by atoms with van der Waals surface area (Å²) in [6.45, 7) is 4.17. The van der Waals surface area contributed by atoms with Crippen LogP contribution in [0.4, 0.5) is 0 Å². The van der Waals surface area contributed by atoms with Crippen molar-refractivity contribution in [1.29, 1.82) is 0 Å². The minimum Gasteiger partial charge on any atom is -0.479 e. The van der Waals surface area contributed by atoms with Crippen LogP contribution >= 0.6 is 0 Å². The molecule has 2 unspecified atom stereocenters. The van der Waals surface area contributed by atoms with E-state index >= 15 is 0 Å². The molecule has 1 aliphatic rings. The molecule has 1 rings (SSSR count). The van der Waals surface area contributed by atoms with Gasteiger partial charge in [0.05, 0.1) is 0 Å². The molecule has 0 spiro atoms. The Morgan fingerprint density at radius 1 is 1.75 bits per heavy atom. The fraction of sp³-hybridized carbons (Fsp3) is 0.667. The Balaban J connectivity index is 2.53. The van der Waals surface area contributed by atoms with E-state index in [0.717, 1.165) is 19.3 Å². The van der Waals surface area contributed by atoms with Gasteiger partial charge in [-0.05, 0) is 25.2 Å². The molecule has 68 valence electrons. The van der Waals surface area contributed by atoms with Gasteiger partial charge in [-0.2, -0.15) is 0 Å². The molecule has 0 aliphatic carbocycles. The first kappa shape index (κ1) is 9.26. The minimum absolute atomic E-state index is 0.119. The maximum Gasteiger partial charge on any atom is 0.333 e. The highest BCUT2D eigenvalue weighted by molar-refractivity contribution is 5.72. The van der Waals surface area contributed by atoms with Crippen LogP contribution in [0.3, 0.4) is 0 Å². The van der Waals surface area contributed by atoms with Crippen molar-refractivity contribution in [2.24, 2.45) is 5.92 Å². The van der Waals surface area contributed by atoms with Crippen LogP contribution in [0.25, 0.3) is 0 Å². The molecule has 0 amide bonds. The smallest absolute Gasteiger partial charge is 0.333 e. The predicted molar refractivity (Wildman–Crippen MR) is 44.9 cm³/mol. The van der Waals surface area contributed by atoms with E-state index in [4.69, 9.17) is 9.84 Å². The van der Waals surface area contributed by atoms with Crippen LogP contribution in [-0.2, 0) is 9.53 Å². The quantitative estimate of drug-likeness (QED) is 0.652. The van der Waals surface area contributed by atoms with Gasteiger partial charge in [0.15, 0.2) is 6.10 Å². The molecule has 1 heterocycles. The van der Waals surface area contributed by atoms with E-state index in [1.807, 2.05) is 0 Å². The van der Waals surface area contributed by atoms with Crippen LogP contribution < -0.4 is 0 Å². The third kappa shape index (κ3) is 2.08.